The molecule has 3 rings (SSSR count). The Bertz CT molecular complexity index is 734. The van der Waals surface area contributed by atoms with Crippen molar-refractivity contribution in [1.82, 2.24) is 4.98 Å². The zero-order chi connectivity index (χ0) is 15.4. The molecule has 0 saturated carbocycles. The molecule has 114 valence electrons. The summed E-state index contributed by atoms with van der Waals surface area (Å²) in [5.41, 5.74) is 9.61. The molecule has 0 amide bonds. The number of rotatable bonds is 6. The summed E-state index contributed by atoms with van der Waals surface area (Å²) in [5, 5.41) is 1.15. The minimum atomic E-state index is 0.182. The molecule has 22 heavy (non-hydrogen) atoms. The number of nitrogens with one attached hydrogen (secondary N) is 1. The highest BCUT2D eigenvalue weighted by molar-refractivity contribution is 5.89. The highest BCUT2D eigenvalue weighted by Gasteiger charge is 2.12. The summed E-state index contributed by atoms with van der Waals surface area (Å²) in [6.45, 7) is 2.69. The van der Waals surface area contributed by atoms with Crippen molar-refractivity contribution in [2.24, 2.45) is 5.73 Å². The third-order valence-electron chi connectivity index (χ3n) is 3.99. The number of hydrogen-bond donors (Lipinski definition) is 2. The van der Waals surface area contributed by atoms with Gasteiger partial charge in [-0.3, -0.25) is 0 Å². The molecular weight excluding hydrogens is 272 g/mol. The Morgan fingerprint density at radius 2 is 1.91 bits per heavy atom. The third-order valence-corrected chi connectivity index (χ3v) is 3.99. The van der Waals surface area contributed by atoms with Crippen LogP contribution in [0.2, 0.25) is 0 Å². The van der Waals surface area contributed by atoms with E-state index in [0.717, 1.165) is 29.5 Å². The molecule has 0 aliphatic carbocycles. The molecule has 0 fully saturated rings. The summed E-state index contributed by atoms with van der Waals surface area (Å²) in [5.74, 6) is 0.918. The highest BCUT2D eigenvalue weighted by Crippen LogP contribution is 2.30. The molecule has 0 aliphatic rings. The molecule has 0 saturated heterocycles. The second kappa shape index (κ2) is 6.67. The Labute approximate surface area is 131 Å². The van der Waals surface area contributed by atoms with E-state index in [-0.39, 0.29) is 6.04 Å². The number of nitrogens with two attached hydrogens (primary N) is 1. The van der Waals surface area contributed by atoms with Gasteiger partial charge >= 0.3 is 0 Å². The topological polar surface area (TPSA) is 51.0 Å². The quantitative estimate of drug-likeness (QED) is 0.721. The largest absolute Gasteiger partial charge is 0.488 e. The number of benzene rings is 2. The molecule has 1 atom stereocenters. The van der Waals surface area contributed by atoms with E-state index in [2.05, 4.69) is 36.3 Å². The molecule has 0 spiro atoms. The standard InChI is InChI=1S/C19H22N2O/c1-2-16(20)11-15-12-21-17-9-6-10-18(19(15)17)22-13-14-7-4-3-5-8-14/h3-10,12,16,21H,2,11,13,20H2,1H3. The lowest BCUT2D eigenvalue weighted by molar-refractivity contribution is 0.310. The van der Waals surface area contributed by atoms with E-state index in [1.165, 1.54) is 11.1 Å². The monoisotopic (exact) mass is 294 g/mol. The van der Waals surface area contributed by atoms with Crippen LogP contribution in [0.5, 0.6) is 5.75 Å². The van der Waals surface area contributed by atoms with E-state index < -0.39 is 0 Å². The Balaban J connectivity index is 1.87. The summed E-state index contributed by atoms with van der Waals surface area (Å²) in [4.78, 5) is 3.32. The van der Waals surface area contributed by atoms with Crippen LogP contribution in [0.25, 0.3) is 10.9 Å². The lowest BCUT2D eigenvalue weighted by Crippen LogP contribution is -2.21. The predicted molar refractivity (Wildman–Crippen MR) is 91.0 cm³/mol. The molecule has 1 heterocycles. The minimum absolute atomic E-state index is 0.182. The fourth-order valence-electron chi connectivity index (χ4n) is 2.66. The van der Waals surface area contributed by atoms with Crippen LogP contribution >= 0.6 is 0 Å². The van der Waals surface area contributed by atoms with Crippen molar-refractivity contribution >= 4 is 10.9 Å². The van der Waals surface area contributed by atoms with Gasteiger partial charge in [0.25, 0.3) is 0 Å². The van der Waals surface area contributed by atoms with Gasteiger partial charge in [0, 0.05) is 23.1 Å². The van der Waals surface area contributed by atoms with Gasteiger partial charge in [-0.05, 0) is 36.1 Å². The molecule has 1 unspecified atom stereocenters. The average molecular weight is 294 g/mol. The van der Waals surface area contributed by atoms with Crippen LogP contribution in [0.3, 0.4) is 0 Å². The molecule has 3 heteroatoms. The van der Waals surface area contributed by atoms with Gasteiger partial charge in [-0.25, -0.2) is 0 Å². The molecular formula is C19H22N2O. The Kier molecular flexibility index (Phi) is 4.45. The van der Waals surface area contributed by atoms with Gasteiger partial charge in [0.2, 0.25) is 0 Å². The zero-order valence-corrected chi connectivity index (χ0v) is 12.9. The molecule has 3 aromatic rings. The molecule has 3 nitrogen and oxygen atoms in total. The third kappa shape index (κ3) is 3.15. The second-order valence-electron chi connectivity index (χ2n) is 5.64. The summed E-state index contributed by atoms with van der Waals surface area (Å²) >= 11 is 0. The predicted octanol–water partition coefficient (Wildman–Crippen LogP) is 4.03. The van der Waals surface area contributed by atoms with E-state index in [4.69, 9.17) is 10.5 Å². The lowest BCUT2D eigenvalue weighted by Gasteiger charge is -2.11. The number of aromatic amines is 1. The summed E-state index contributed by atoms with van der Waals surface area (Å²) in [7, 11) is 0. The van der Waals surface area contributed by atoms with Crippen molar-refractivity contribution in [3.8, 4) is 5.75 Å². The Morgan fingerprint density at radius 3 is 2.68 bits per heavy atom. The molecule has 0 radical (unpaired) electrons. The first-order valence-corrected chi connectivity index (χ1v) is 7.79. The van der Waals surface area contributed by atoms with Gasteiger partial charge in [-0.2, -0.15) is 0 Å². The van der Waals surface area contributed by atoms with E-state index in [9.17, 15) is 0 Å². The summed E-state index contributed by atoms with van der Waals surface area (Å²) in [6, 6.07) is 16.5. The first-order chi connectivity index (χ1) is 10.8. The maximum absolute atomic E-state index is 6.12. The second-order valence-corrected chi connectivity index (χ2v) is 5.64. The van der Waals surface area contributed by atoms with Gasteiger partial charge in [0.05, 0.1) is 0 Å². The van der Waals surface area contributed by atoms with Crippen molar-refractivity contribution in [1.29, 1.82) is 0 Å². The number of ether oxygens (including phenoxy) is 1. The molecule has 0 aliphatic heterocycles. The van der Waals surface area contributed by atoms with Crippen LogP contribution < -0.4 is 10.5 Å². The molecule has 1 aromatic heterocycles. The van der Waals surface area contributed by atoms with Crippen LogP contribution in [0, 0.1) is 0 Å². The van der Waals surface area contributed by atoms with Crippen molar-refractivity contribution in [2.75, 3.05) is 0 Å². The Hall–Kier alpha value is -2.26. The smallest absolute Gasteiger partial charge is 0.129 e. The number of H-pyrrole nitrogens is 1. The number of aromatic nitrogens is 1. The van der Waals surface area contributed by atoms with Crippen LogP contribution in [0.1, 0.15) is 24.5 Å². The highest BCUT2D eigenvalue weighted by atomic mass is 16.5. The van der Waals surface area contributed by atoms with Crippen LogP contribution in [0.15, 0.2) is 54.7 Å². The normalized spacial score (nSPS) is 12.5. The van der Waals surface area contributed by atoms with Gasteiger partial charge in [0.15, 0.2) is 0 Å². The van der Waals surface area contributed by atoms with Gasteiger partial charge in [0.1, 0.15) is 12.4 Å². The SMILES string of the molecule is CCC(N)Cc1c[nH]c2cccc(OCc3ccccc3)c12. The fraction of sp³-hybridized carbons (Fsp3) is 0.263. The van der Waals surface area contributed by atoms with Gasteiger partial charge in [-0.1, -0.05) is 43.3 Å². The number of fused-ring (bicyclic) bond motifs is 1. The Morgan fingerprint density at radius 1 is 1.09 bits per heavy atom. The van der Waals surface area contributed by atoms with Crippen molar-refractivity contribution in [3.63, 3.8) is 0 Å². The van der Waals surface area contributed by atoms with E-state index in [0.29, 0.717) is 6.61 Å². The van der Waals surface area contributed by atoms with Gasteiger partial charge < -0.3 is 15.5 Å². The van der Waals surface area contributed by atoms with Crippen molar-refractivity contribution in [2.45, 2.75) is 32.4 Å². The first kappa shape index (κ1) is 14.7. The van der Waals surface area contributed by atoms with Crippen molar-refractivity contribution in [3.05, 3.63) is 65.9 Å². The molecule has 3 N–H and O–H groups in total. The average Bonchev–Trinajstić information content (AvgIpc) is 2.97. The van der Waals surface area contributed by atoms with Crippen LogP contribution in [0.4, 0.5) is 0 Å². The van der Waals surface area contributed by atoms with Crippen LogP contribution in [-0.4, -0.2) is 11.0 Å². The summed E-state index contributed by atoms with van der Waals surface area (Å²) < 4.78 is 6.06. The van der Waals surface area contributed by atoms with E-state index in [1.807, 2.05) is 30.3 Å². The van der Waals surface area contributed by atoms with Gasteiger partial charge in [-0.15, -0.1) is 0 Å². The minimum Gasteiger partial charge on any atom is -0.488 e. The molecule has 2 aromatic carbocycles. The zero-order valence-electron chi connectivity index (χ0n) is 12.9. The lowest BCUT2D eigenvalue weighted by atomic mass is 10.0. The fourth-order valence-corrected chi connectivity index (χ4v) is 2.66. The molecule has 0 bridgehead atoms. The van der Waals surface area contributed by atoms with E-state index in [1.54, 1.807) is 0 Å². The number of hydrogen-bond acceptors (Lipinski definition) is 2. The van der Waals surface area contributed by atoms with Crippen molar-refractivity contribution < 1.29 is 4.74 Å². The first-order valence-electron chi connectivity index (χ1n) is 7.79. The maximum Gasteiger partial charge on any atom is 0.129 e. The maximum atomic E-state index is 6.12. The van der Waals surface area contributed by atoms with Crippen LogP contribution in [-0.2, 0) is 13.0 Å². The van der Waals surface area contributed by atoms with E-state index >= 15 is 0 Å². The summed E-state index contributed by atoms with van der Waals surface area (Å²) in [6.07, 6.45) is 3.89.